The van der Waals surface area contributed by atoms with Crippen LogP contribution in [0.5, 0.6) is 0 Å². The van der Waals surface area contributed by atoms with Crippen LogP contribution in [0, 0.1) is 11.8 Å². The standard InChI is InChI=1S/C38H68N2O/c1-4-6-8-21-27-33(26-20-7-5-2)37(34-28-22-16-12-9-10-13-17-23-29-34)36(32-39-3)40-38(41)35-30-24-18-14-11-15-19-25-31-35/h28,32-33,35H,4-27,29-31H2,1-3H3,(H,40,41)/b34-28?,37-36+,39-32?. The van der Waals surface area contributed by atoms with Crippen LogP contribution in [-0.2, 0) is 4.79 Å². The highest BCUT2D eigenvalue weighted by Crippen LogP contribution is 2.35. The van der Waals surface area contributed by atoms with Gasteiger partial charge in [-0.1, -0.05) is 142 Å². The summed E-state index contributed by atoms with van der Waals surface area (Å²) in [6.45, 7) is 4.62. The highest BCUT2D eigenvalue weighted by molar-refractivity contribution is 5.90. The van der Waals surface area contributed by atoms with Gasteiger partial charge in [-0.2, -0.15) is 0 Å². The van der Waals surface area contributed by atoms with E-state index in [1.807, 2.05) is 13.3 Å². The van der Waals surface area contributed by atoms with Crippen LogP contribution >= 0.6 is 0 Å². The Labute approximate surface area is 255 Å². The van der Waals surface area contributed by atoms with Crippen molar-refractivity contribution in [1.29, 1.82) is 0 Å². The second kappa shape index (κ2) is 24.1. The van der Waals surface area contributed by atoms with Crippen molar-refractivity contribution in [3.63, 3.8) is 0 Å². The van der Waals surface area contributed by atoms with Crippen LogP contribution in [0.3, 0.4) is 0 Å². The molecule has 3 heteroatoms. The van der Waals surface area contributed by atoms with Crippen LogP contribution < -0.4 is 5.32 Å². The minimum atomic E-state index is 0.138. The molecule has 2 rings (SSSR count). The highest BCUT2D eigenvalue weighted by atomic mass is 16.1. The fourth-order valence-corrected chi connectivity index (χ4v) is 7.12. The molecular formula is C38H68N2O. The van der Waals surface area contributed by atoms with Gasteiger partial charge in [-0.25, -0.2) is 0 Å². The lowest BCUT2D eigenvalue weighted by molar-refractivity contribution is -0.124. The monoisotopic (exact) mass is 569 g/mol. The third kappa shape index (κ3) is 15.6. The Balaban J connectivity index is 2.46. The molecule has 3 nitrogen and oxygen atoms in total. The second-order valence-electron chi connectivity index (χ2n) is 13.2. The lowest BCUT2D eigenvalue weighted by atomic mass is 9.80. The van der Waals surface area contributed by atoms with E-state index in [0.29, 0.717) is 5.92 Å². The summed E-state index contributed by atoms with van der Waals surface area (Å²) in [4.78, 5) is 18.5. The van der Waals surface area contributed by atoms with E-state index in [0.717, 1.165) is 25.0 Å². The van der Waals surface area contributed by atoms with E-state index >= 15 is 0 Å². The summed E-state index contributed by atoms with van der Waals surface area (Å²) in [5.74, 6) is 0.903. The third-order valence-electron chi connectivity index (χ3n) is 9.64. The van der Waals surface area contributed by atoms with Crippen molar-refractivity contribution in [2.75, 3.05) is 7.05 Å². The summed E-state index contributed by atoms with van der Waals surface area (Å²) < 4.78 is 0. The van der Waals surface area contributed by atoms with Gasteiger partial charge in [0.1, 0.15) is 0 Å². The maximum atomic E-state index is 14.0. The van der Waals surface area contributed by atoms with Gasteiger partial charge >= 0.3 is 0 Å². The van der Waals surface area contributed by atoms with Gasteiger partial charge in [0.15, 0.2) is 0 Å². The Bertz CT molecular complexity index is 754. The van der Waals surface area contributed by atoms with Crippen molar-refractivity contribution < 1.29 is 4.79 Å². The zero-order valence-corrected chi connectivity index (χ0v) is 27.8. The number of aliphatic imine (C=N–C) groups is 1. The molecule has 2 aliphatic carbocycles. The van der Waals surface area contributed by atoms with Crippen LogP contribution in [0.4, 0.5) is 0 Å². The van der Waals surface area contributed by atoms with Crippen LogP contribution in [0.2, 0.25) is 0 Å². The second-order valence-corrected chi connectivity index (χ2v) is 13.2. The summed E-state index contributed by atoms with van der Waals surface area (Å²) in [7, 11) is 1.88. The van der Waals surface area contributed by atoms with E-state index in [4.69, 9.17) is 0 Å². The molecule has 0 aromatic rings. The molecule has 236 valence electrons. The molecule has 41 heavy (non-hydrogen) atoms. The van der Waals surface area contributed by atoms with E-state index in [9.17, 15) is 4.79 Å². The SMILES string of the molecule is CCCCCCC(CCCCC)/C(C1=CCCCCCCCCC1)=C(/C=NC)NC(=O)C1CCCCCCCCC1. The minimum absolute atomic E-state index is 0.138. The Morgan fingerprint density at radius 3 is 1.93 bits per heavy atom. The number of carbonyl (C=O) groups excluding carboxylic acids is 1. The summed E-state index contributed by atoms with van der Waals surface area (Å²) in [5, 5.41) is 3.57. The van der Waals surface area contributed by atoms with Crippen molar-refractivity contribution in [1.82, 2.24) is 5.32 Å². The van der Waals surface area contributed by atoms with Gasteiger partial charge in [0.05, 0.1) is 5.70 Å². The lowest BCUT2D eigenvalue weighted by Crippen LogP contribution is -2.33. The topological polar surface area (TPSA) is 41.5 Å². The average Bonchev–Trinajstić information content (AvgIpc) is 3.04. The van der Waals surface area contributed by atoms with Crippen molar-refractivity contribution in [3.8, 4) is 0 Å². The molecule has 1 fully saturated rings. The van der Waals surface area contributed by atoms with Gasteiger partial charge in [-0.15, -0.1) is 0 Å². The van der Waals surface area contributed by atoms with E-state index in [1.54, 1.807) is 0 Å². The quantitative estimate of drug-likeness (QED) is 0.164. The van der Waals surface area contributed by atoms with E-state index < -0.39 is 0 Å². The van der Waals surface area contributed by atoms with Crippen molar-refractivity contribution in [3.05, 3.63) is 22.9 Å². The largest absolute Gasteiger partial charge is 0.324 e. The Hall–Kier alpha value is -1.38. The number of carbonyl (C=O) groups is 1. The Morgan fingerprint density at radius 1 is 0.780 bits per heavy atom. The molecule has 0 saturated heterocycles. The molecule has 1 amide bonds. The molecule has 1 unspecified atom stereocenters. The maximum Gasteiger partial charge on any atom is 0.227 e. The van der Waals surface area contributed by atoms with E-state index in [2.05, 4.69) is 30.2 Å². The first-order valence-electron chi connectivity index (χ1n) is 18.4. The van der Waals surface area contributed by atoms with E-state index in [-0.39, 0.29) is 11.8 Å². The molecule has 1 atom stereocenters. The van der Waals surface area contributed by atoms with Crippen molar-refractivity contribution in [2.24, 2.45) is 16.8 Å². The number of nitrogens with one attached hydrogen (secondary N) is 1. The van der Waals surface area contributed by atoms with E-state index in [1.165, 1.54) is 165 Å². The molecule has 0 radical (unpaired) electrons. The summed E-state index contributed by atoms with van der Waals surface area (Å²) >= 11 is 0. The van der Waals surface area contributed by atoms with Gasteiger partial charge in [0.25, 0.3) is 0 Å². The number of nitrogens with zero attached hydrogens (tertiary/aromatic N) is 1. The van der Waals surface area contributed by atoms with Crippen molar-refractivity contribution >= 4 is 12.1 Å². The first-order valence-corrected chi connectivity index (χ1v) is 18.4. The molecule has 0 spiro atoms. The molecule has 0 aromatic carbocycles. The normalized spacial score (nSPS) is 20.5. The fourth-order valence-electron chi connectivity index (χ4n) is 7.12. The predicted octanol–water partition coefficient (Wildman–Crippen LogP) is 11.8. The van der Waals surface area contributed by atoms with Gasteiger partial charge < -0.3 is 5.32 Å². The smallest absolute Gasteiger partial charge is 0.227 e. The summed E-state index contributed by atoms with van der Waals surface area (Å²) in [6, 6.07) is 0. The van der Waals surface area contributed by atoms with Gasteiger partial charge in [-0.3, -0.25) is 9.79 Å². The average molecular weight is 569 g/mol. The molecule has 0 aromatic heterocycles. The number of hydrogen-bond acceptors (Lipinski definition) is 2. The van der Waals surface area contributed by atoms with Crippen LogP contribution in [-0.4, -0.2) is 19.2 Å². The van der Waals surface area contributed by atoms with Crippen LogP contribution in [0.15, 0.2) is 27.9 Å². The Morgan fingerprint density at radius 2 is 1.32 bits per heavy atom. The number of amides is 1. The summed E-state index contributed by atoms with van der Waals surface area (Å²) in [5.41, 5.74) is 4.02. The molecule has 0 aliphatic heterocycles. The molecule has 0 bridgehead atoms. The number of hydrogen-bond donors (Lipinski definition) is 1. The number of allylic oxidation sites excluding steroid dienone is 4. The molecule has 0 heterocycles. The predicted molar refractivity (Wildman–Crippen MR) is 181 cm³/mol. The highest BCUT2D eigenvalue weighted by Gasteiger charge is 2.25. The zero-order valence-electron chi connectivity index (χ0n) is 27.8. The van der Waals surface area contributed by atoms with Crippen LogP contribution in [0.25, 0.3) is 0 Å². The zero-order chi connectivity index (χ0) is 29.4. The number of unbranched alkanes of at least 4 members (excludes halogenated alkanes) is 5. The molecular weight excluding hydrogens is 500 g/mol. The third-order valence-corrected chi connectivity index (χ3v) is 9.64. The maximum absolute atomic E-state index is 14.0. The molecule has 1 N–H and O–H groups in total. The fraction of sp³-hybridized carbons (Fsp3) is 0.842. The lowest BCUT2D eigenvalue weighted by Gasteiger charge is -2.27. The number of rotatable bonds is 14. The summed E-state index contributed by atoms with van der Waals surface area (Å²) in [6.07, 6.45) is 38.8. The molecule has 1 saturated carbocycles. The van der Waals surface area contributed by atoms with Crippen LogP contribution in [0.1, 0.15) is 187 Å². The first kappa shape index (κ1) is 35.8. The first-order chi connectivity index (χ1) is 20.2. The van der Waals surface area contributed by atoms with Gasteiger partial charge in [0.2, 0.25) is 5.91 Å². The Kier molecular flexibility index (Phi) is 21.1. The van der Waals surface area contributed by atoms with Gasteiger partial charge in [0, 0.05) is 19.2 Å². The van der Waals surface area contributed by atoms with Crippen molar-refractivity contribution in [2.45, 2.75) is 187 Å². The molecule has 2 aliphatic rings. The minimum Gasteiger partial charge on any atom is -0.324 e. The van der Waals surface area contributed by atoms with Gasteiger partial charge in [-0.05, 0) is 68.4 Å².